The maximum absolute atomic E-state index is 12.3. The minimum atomic E-state index is -3.68. The zero-order chi connectivity index (χ0) is 17.7. The van der Waals surface area contributed by atoms with E-state index in [2.05, 4.69) is 28.5 Å². The summed E-state index contributed by atoms with van der Waals surface area (Å²) in [7, 11) is -3.68. The smallest absolute Gasteiger partial charge is 0.338 e. The lowest BCUT2D eigenvalue weighted by Crippen LogP contribution is -2.24. The molecule has 24 heavy (non-hydrogen) atoms. The number of hydrogen-bond acceptors (Lipinski definition) is 5. The Morgan fingerprint density at radius 3 is 2.29 bits per heavy atom. The minimum Gasteiger partial charge on any atom is -0.478 e. The molecular formula is C16H19N3O4S. The summed E-state index contributed by atoms with van der Waals surface area (Å²) in [6.07, 6.45) is 3.26. The average Bonchev–Trinajstić information content (AvgIpc) is 2.59. The van der Waals surface area contributed by atoms with Crippen LogP contribution in [-0.2, 0) is 16.6 Å². The highest BCUT2D eigenvalue weighted by molar-refractivity contribution is 7.89. The highest BCUT2D eigenvalue weighted by Crippen LogP contribution is 2.20. The third kappa shape index (κ3) is 4.36. The number of carbonyl (C=O) groups is 1. The summed E-state index contributed by atoms with van der Waals surface area (Å²) in [5.74, 6) is -0.570. The molecule has 0 bridgehead atoms. The molecule has 2 rings (SSSR count). The summed E-state index contributed by atoms with van der Waals surface area (Å²) in [5.41, 5.74) is 1.03. The van der Waals surface area contributed by atoms with Crippen LogP contribution in [0.25, 0.3) is 0 Å². The first-order valence-corrected chi connectivity index (χ1v) is 8.95. The van der Waals surface area contributed by atoms with Crippen LogP contribution in [0, 0.1) is 0 Å². The first-order chi connectivity index (χ1) is 11.3. The summed E-state index contributed by atoms with van der Waals surface area (Å²) in [6, 6.07) is 6.75. The van der Waals surface area contributed by atoms with Gasteiger partial charge < -0.3 is 5.11 Å². The van der Waals surface area contributed by atoms with E-state index in [1.807, 2.05) is 0 Å². The molecule has 1 heterocycles. The van der Waals surface area contributed by atoms with Crippen molar-refractivity contribution in [3.8, 4) is 0 Å². The van der Waals surface area contributed by atoms with Crippen LogP contribution >= 0.6 is 0 Å². The second-order valence-corrected chi connectivity index (χ2v) is 7.16. The lowest BCUT2D eigenvalue weighted by molar-refractivity contribution is 0.0696. The molecule has 0 spiro atoms. The maximum atomic E-state index is 12.3. The van der Waals surface area contributed by atoms with E-state index in [1.165, 1.54) is 0 Å². The van der Waals surface area contributed by atoms with Gasteiger partial charge in [-0.2, -0.15) is 0 Å². The number of carboxylic acids is 1. The van der Waals surface area contributed by atoms with Gasteiger partial charge in [0.25, 0.3) is 0 Å². The summed E-state index contributed by atoms with van der Waals surface area (Å²) in [5, 5.41) is 8.77. The van der Waals surface area contributed by atoms with Crippen molar-refractivity contribution in [2.24, 2.45) is 0 Å². The molecular weight excluding hydrogens is 330 g/mol. The molecule has 2 aromatic rings. The summed E-state index contributed by atoms with van der Waals surface area (Å²) >= 11 is 0. The third-order valence-electron chi connectivity index (χ3n) is 3.74. The number of aromatic nitrogens is 2. The van der Waals surface area contributed by atoms with Crippen molar-refractivity contribution in [1.82, 2.24) is 14.7 Å². The Morgan fingerprint density at radius 1 is 1.21 bits per heavy atom. The lowest BCUT2D eigenvalue weighted by Gasteiger charge is -2.10. The van der Waals surface area contributed by atoms with Gasteiger partial charge in [0.1, 0.15) is 5.82 Å². The van der Waals surface area contributed by atoms with E-state index in [0.29, 0.717) is 5.92 Å². The van der Waals surface area contributed by atoms with Crippen molar-refractivity contribution >= 4 is 16.0 Å². The van der Waals surface area contributed by atoms with E-state index in [0.717, 1.165) is 24.4 Å². The van der Waals surface area contributed by atoms with E-state index >= 15 is 0 Å². The van der Waals surface area contributed by atoms with Crippen LogP contribution in [0.4, 0.5) is 0 Å². The van der Waals surface area contributed by atoms with Gasteiger partial charge in [-0.1, -0.05) is 26.0 Å². The van der Waals surface area contributed by atoms with Crippen LogP contribution in [0.5, 0.6) is 0 Å². The normalized spacial score (nSPS) is 12.8. The topological polar surface area (TPSA) is 109 Å². The van der Waals surface area contributed by atoms with Crippen molar-refractivity contribution in [1.29, 1.82) is 0 Å². The standard InChI is InChI=1S/C16H19N3O4S/c1-3-11(2)12-4-6-14(7-5-12)24(22,23)19-10-15-17-8-13(9-18-15)16(20)21/h4-9,11,19H,3,10H2,1-2H3,(H,20,21). The highest BCUT2D eigenvalue weighted by atomic mass is 32.2. The summed E-state index contributed by atoms with van der Waals surface area (Å²) < 4.78 is 26.9. The zero-order valence-corrected chi connectivity index (χ0v) is 14.2. The van der Waals surface area contributed by atoms with E-state index < -0.39 is 16.0 Å². The molecule has 1 unspecified atom stereocenters. The molecule has 7 nitrogen and oxygen atoms in total. The predicted molar refractivity (Wildman–Crippen MR) is 88.2 cm³/mol. The molecule has 1 atom stereocenters. The summed E-state index contributed by atoms with van der Waals surface area (Å²) in [4.78, 5) is 18.5. The molecule has 128 valence electrons. The first-order valence-electron chi connectivity index (χ1n) is 7.47. The van der Waals surface area contributed by atoms with Gasteiger partial charge in [-0.05, 0) is 30.0 Å². The molecule has 0 saturated heterocycles. The quantitative estimate of drug-likeness (QED) is 0.793. The van der Waals surface area contributed by atoms with Crippen LogP contribution in [0.1, 0.15) is 47.9 Å². The molecule has 0 fully saturated rings. The maximum Gasteiger partial charge on any atom is 0.338 e. The predicted octanol–water partition coefficient (Wildman–Crippen LogP) is 2.17. The van der Waals surface area contributed by atoms with E-state index in [1.54, 1.807) is 24.3 Å². The first kappa shape index (κ1) is 18.0. The number of hydrogen-bond donors (Lipinski definition) is 2. The fourth-order valence-electron chi connectivity index (χ4n) is 2.01. The monoisotopic (exact) mass is 349 g/mol. The molecule has 0 aliphatic carbocycles. The molecule has 8 heteroatoms. The molecule has 0 radical (unpaired) electrons. The van der Waals surface area contributed by atoms with Gasteiger partial charge in [0.2, 0.25) is 10.0 Å². The Hall–Kier alpha value is -2.32. The van der Waals surface area contributed by atoms with Gasteiger partial charge in [-0.3, -0.25) is 0 Å². The zero-order valence-electron chi connectivity index (χ0n) is 13.4. The SMILES string of the molecule is CCC(C)c1ccc(S(=O)(=O)NCc2ncc(C(=O)O)cn2)cc1. The number of rotatable bonds is 7. The van der Waals surface area contributed by atoms with Crippen molar-refractivity contribution in [2.45, 2.75) is 37.6 Å². The molecule has 1 aromatic carbocycles. The van der Waals surface area contributed by atoms with Gasteiger partial charge in [-0.15, -0.1) is 0 Å². The van der Waals surface area contributed by atoms with Crippen LogP contribution < -0.4 is 4.72 Å². The molecule has 0 amide bonds. The number of nitrogens with one attached hydrogen (secondary N) is 1. The van der Waals surface area contributed by atoms with E-state index in [-0.39, 0.29) is 22.8 Å². The van der Waals surface area contributed by atoms with Gasteiger partial charge >= 0.3 is 5.97 Å². The minimum absolute atomic E-state index is 0.0535. The second-order valence-electron chi connectivity index (χ2n) is 5.40. The fraction of sp³-hybridized carbons (Fsp3) is 0.312. The van der Waals surface area contributed by atoms with Gasteiger partial charge in [0.15, 0.2) is 0 Å². The number of sulfonamides is 1. The second kappa shape index (κ2) is 7.50. The third-order valence-corrected chi connectivity index (χ3v) is 5.16. The Labute approximate surface area is 140 Å². The number of aromatic carboxylic acids is 1. The Morgan fingerprint density at radius 2 is 1.79 bits per heavy atom. The van der Waals surface area contributed by atoms with Gasteiger partial charge in [0, 0.05) is 12.4 Å². The Kier molecular flexibility index (Phi) is 5.63. The van der Waals surface area contributed by atoms with Crippen molar-refractivity contribution < 1.29 is 18.3 Å². The van der Waals surface area contributed by atoms with Crippen molar-refractivity contribution in [3.05, 3.63) is 53.6 Å². The number of benzene rings is 1. The van der Waals surface area contributed by atoms with E-state index in [9.17, 15) is 13.2 Å². The van der Waals surface area contributed by atoms with Crippen LogP contribution in [0.15, 0.2) is 41.6 Å². The van der Waals surface area contributed by atoms with E-state index in [4.69, 9.17) is 5.11 Å². The van der Waals surface area contributed by atoms with Crippen LogP contribution in [0.2, 0.25) is 0 Å². The molecule has 0 saturated carbocycles. The van der Waals surface area contributed by atoms with Gasteiger partial charge in [-0.25, -0.2) is 27.9 Å². The van der Waals surface area contributed by atoms with Gasteiger partial charge in [0.05, 0.1) is 17.0 Å². The molecule has 1 aromatic heterocycles. The number of carboxylic acid groups (broad SMARTS) is 1. The lowest BCUT2D eigenvalue weighted by atomic mass is 9.99. The summed E-state index contributed by atoms with van der Waals surface area (Å²) in [6.45, 7) is 4.04. The van der Waals surface area contributed by atoms with Crippen molar-refractivity contribution in [3.63, 3.8) is 0 Å². The molecule has 0 aliphatic heterocycles. The largest absolute Gasteiger partial charge is 0.478 e. The van der Waals surface area contributed by atoms with Crippen LogP contribution in [-0.4, -0.2) is 29.5 Å². The Balaban J connectivity index is 2.06. The Bertz CT molecular complexity index is 802. The van der Waals surface area contributed by atoms with Crippen LogP contribution in [0.3, 0.4) is 0 Å². The molecule has 0 aliphatic rings. The number of nitrogens with zero attached hydrogens (tertiary/aromatic N) is 2. The highest BCUT2D eigenvalue weighted by Gasteiger charge is 2.15. The molecule has 2 N–H and O–H groups in total. The average molecular weight is 349 g/mol. The fourth-order valence-corrected chi connectivity index (χ4v) is 2.99. The van der Waals surface area contributed by atoms with Crippen molar-refractivity contribution in [2.75, 3.05) is 0 Å².